The van der Waals surface area contributed by atoms with E-state index >= 15 is 0 Å². The van der Waals surface area contributed by atoms with Crippen molar-refractivity contribution in [2.45, 2.75) is 19.4 Å². The molecule has 1 atom stereocenters. The lowest BCUT2D eigenvalue weighted by Crippen LogP contribution is -2.22. The minimum absolute atomic E-state index is 0.291. The van der Waals surface area contributed by atoms with Gasteiger partial charge in [-0.3, -0.25) is 4.98 Å². The maximum atomic E-state index is 5.38. The molecule has 0 aliphatic heterocycles. The fraction of sp³-hybridized carbons (Fsp3) is 0.308. The molecule has 3 heteroatoms. The molecule has 0 radical (unpaired) electrons. The second kappa shape index (κ2) is 5.47. The van der Waals surface area contributed by atoms with Gasteiger partial charge in [0.15, 0.2) is 0 Å². The van der Waals surface area contributed by atoms with E-state index in [1.165, 1.54) is 5.56 Å². The first-order chi connectivity index (χ1) is 7.90. The number of likely N-dealkylation sites (N-methyl/N-ethyl adjacent to an activating group) is 1. The number of nitrogens with zero attached hydrogens (tertiary/aromatic N) is 1. The van der Waals surface area contributed by atoms with Gasteiger partial charge in [-0.1, -0.05) is 6.92 Å². The molecular weight excluding hydrogens is 200 g/mol. The van der Waals surface area contributed by atoms with Crippen LogP contribution in [0.2, 0.25) is 0 Å². The summed E-state index contributed by atoms with van der Waals surface area (Å²) in [7, 11) is 0. The van der Waals surface area contributed by atoms with Crippen LogP contribution in [0.5, 0.6) is 0 Å². The molecule has 0 amide bonds. The lowest BCUT2D eigenvalue weighted by molar-refractivity contribution is 0.455. The second-order valence-electron chi connectivity index (χ2n) is 3.67. The third kappa shape index (κ3) is 2.70. The minimum atomic E-state index is 0.291. The average molecular weight is 216 g/mol. The summed E-state index contributed by atoms with van der Waals surface area (Å²) in [6.45, 7) is 3.05. The van der Waals surface area contributed by atoms with Gasteiger partial charge in [0.2, 0.25) is 0 Å². The Hall–Kier alpha value is -1.61. The molecule has 2 aromatic rings. The average Bonchev–Trinajstić information content (AvgIpc) is 2.83. The molecule has 3 nitrogen and oxygen atoms in total. The predicted molar refractivity (Wildman–Crippen MR) is 63.1 cm³/mol. The molecule has 0 aromatic carbocycles. The molecule has 84 valence electrons. The molecular formula is C13H16N2O. The van der Waals surface area contributed by atoms with Gasteiger partial charge in [0.1, 0.15) is 5.76 Å². The number of hydrogen-bond donors (Lipinski definition) is 1. The van der Waals surface area contributed by atoms with Crippen LogP contribution in [-0.2, 0) is 6.42 Å². The maximum Gasteiger partial charge on any atom is 0.105 e. The lowest BCUT2D eigenvalue weighted by Gasteiger charge is -2.16. The van der Waals surface area contributed by atoms with Crippen LogP contribution < -0.4 is 5.32 Å². The quantitative estimate of drug-likeness (QED) is 0.834. The van der Waals surface area contributed by atoms with Gasteiger partial charge in [-0.05, 0) is 36.4 Å². The summed E-state index contributed by atoms with van der Waals surface area (Å²) in [6, 6.07) is 8.29. The van der Waals surface area contributed by atoms with Crippen molar-refractivity contribution in [1.82, 2.24) is 10.3 Å². The smallest absolute Gasteiger partial charge is 0.105 e. The van der Waals surface area contributed by atoms with Gasteiger partial charge in [0.05, 0.1) is 6.26 Å². The first-order valence-corrected chi connectivity index (χ1v) is 5.56. The van der Waals surface area contributed by atoms with Crippen molar-refractivity contribution in [2.24, 2.45) is 0 Å². The molecule has 1 N–H and O–H groups in total. The zero-order valence-corrected chi connectivity index (χ0v) is 9.39. The van der Waals surface area contributed by atoms with E-state index in [2.05, 4.69) is 17.2 Å². The van der Waals surface area contributed by atoms with E-state index in [9.17, 15) is 0 Å². The van der Waals surface area contributed by atoms with Crippen LogP contribution in [0.3, 0.4) is 0 Å². The van der Waals surface area contributed by atoms with E-state index in [0.29, 0.717) is 6.04 Å². The molecule has 0 aliphatic rings. The Morgan fingerprint density at radius 2 is 2.12 bits per heavy atom. The Morgan fingerprint density at radius 3 is 2.75 bits per heavy atom. The van der Waals surface area contributed by atoms with Crippen LogP contribution >= 0.6 is 0 Å². The van der Waals surface area contributed by atoms with Crippen molar-refractivity contribution in [2.75, 3.05) is 6.54 Å². The van der Waals surface area contributed by atoms with Crippen LogP contribution in [0, 0.1) is 0 Å². The molecule has 0 spiro atoms. The summed E-state index contributed by atoms with van der Waals surface area (Å²) in [5.74, 6) is 1.00. The third-order valence-electron chi connectivity index (χ3n) is 2.54. The highest BCUT2D eigenvalue weighted by Crippen LogP contribution is 2.17. The first kappa shape index (κ1) is 10.9. The Labute approximate surface area is 95.5 Å². The summed E-state index contributed by atoms with van der Waals surface area (Å²) in [4.78, 5) is 4.03. The zero-order chi connectivity index (χ0) is 11.2. The van der Waals surface area contributed by atoms with Gasteiger partial charge >= 0.3 is 0 Å². The number of rotatable bonds is 5. The molecule has 0 saturated carbocycles. The van der Waals surface area contributed by atoms with Crippen LogP contribution in [0.4, 0.5) is 0 Å². The maximum absolute atomic E-state index is 5.38. The van der Waals surface area contributed by atoms with Crippen LogP contribution in [0.25, 0.3) is 0 Å². The molecule has 0 bridgehead atoms. The van der Waals surface area contributed by atoms with Gasteiger partial charge in [-0.15, -0.1) is 0 Å². The molecule has 0 fully saturated rings. The van der Waals surface area contributed by atoms with Gasteiger partial charge in [-0.25, -0.2) is 0 Å². The largest absolute Gasteiger partial charge is 0.469 e. The standard InChI is InChI=1S/C13H16N2O/c1-2-15-13(10-12-4-3-9-16-12)11-5-7-14-8-6-11/h3-9,13,15H,2,10H2,1H3. The van der Waals surface area contributed by atoms with Crippen LogP contribution in [0.15, 0.2) is 47.3 Å². The zero-order valence-electron chi connectivity index (χ0n) is 9.39. The Bertz CT molecular complexity index is 397. The Morgan fingerprint density at radius 1 is 1.31 bits per heavy atom. The summed E-state index contributed by atoms with van der Waals surface area (Å²) in [5.41, 5.74) is 1.24. The van der Waals surface area contributed by atoms with E-state index in [0.717, 1.165) is 18.7 Å². The minimum Gasteiger partial charge on any atom is -0.469 e. The van der Waals surface area contributed by atoms with E-state index in [1.807, 2.05) is 36.7 Å². The van der Waals surface area contributed by atoms with E-state index in [-0.39, 0.29) is 0 Å². The number of nitrogens with one attached hydrogen (secondary N) is 1. The highest BCUT2D eigenvalue weighted by molar-refractivity contribution is 5.17. The number of furan rings is 1. The number of hydrogen-bond acceptors (Lipinski definition) is 3. The van der Waals surface area contributed by atoms with Gasteiger partial charge in [0.25, 0.3) is 0 Å². The van der Waals surface area contributed by atoms with Crippen molar-refractivity contribution in [1.29, 1.82) is 0 Å². The van der Waals surface area contributed by atoms with Crippen LogP contribution in [-0.4, -0.2) is 11.5 Å². The summed E-state index contributed by atoms with van der Waals surface area (Å²) < 4.78 is 5.38. The van der Waals surface area contributed by atoms with Crippen molar-refractivity contribution < 1.29 is 4.42 Å². The molecule has 2 aromatic heterocycles. The van der Waals surface area contributed by atoms with Crippen molar-refractivity contribution in [3.05, 3.63) is 54.2 Å². The van der Waals surface area contributed by atoms with Gasteiger partial charge < -0.3 is 9.73 Å². The monoisotopic (exact) mass is 216 g/mol. The molecule has 16 heavy (non-hydrogen) atoms. The number of pyridine rings is 1. The van der Waals surface area contributed by atoms with Crippen molar-refractivity contribution in [3.8, 4) is 0 Å². The molecule has 1 unspecified atom stereocenters. The Balaban J connectivity index is 2.11. The molecule has 2 heterocycles. The molecule has 2 rings (SSSR count). The van der Waals surface area contributed by atoms with E-state index in [1.54, 1.807) is 6.26 Å². The topological polar surface area (TPSA) is 38.1 Å². The molecule has 0 saturated heterocycles. The third-order valence-corrected chi connectivity index (χ3v) is 2.54. The van der Waals surface area contributed by atoms with Gasteiger partial charge in [0, 0.05) is 24.9 Å². The van der Waals surface area contributed by atoms with E-state index in [4.69, 9.17) is 4.42 Å². The molecule has 0 aliphatic carbocycles. The summed E-state index contributed by atoms with van der Waals surface area (Å²) >= 11 is 0. The lowest BCUT2D eigenvalue weighted by atomic mass is 10.0. The normalized spacial score (nSPS) is 12.6. The highest BCUT2D eigenvalue weighted by atomic mass is 16.3. The van der Waals surface area contributed by atoms with Crippen molar-refractivity contribution >= 4 is 0 Å². The Kier molecular flexibility index (Phi) is 3.72. The first-order valence-electron chi connectivity index (χ1n) is 5.56. The van der Waals surface area contributed by atoms with Crippen LogP contribution in [0.1, 0.15) is 24.3 Å². The number of aromatic nitrogens is 1. The SMILES string of the molecule is CCNC(Cc1ccco1)c1ccncc1. The van der Waals surface area contributed by atoms with Crippen molar-refractivity contribution in [3.63, 3.8) is 0 Å². The fourth-order valence-electron chi connectivity index (χ4n) is 1.78. The predicted octanol–water partition coefficient (Wildman–Crippen LogP) is 2.57. The van der Waals surface area contributed by atoms with Gasteiger partial charge in [-0.2, -0.15) is 0 Å². The highest BCUT2D eigenvalue weighted by Gasteiger charge is 2.11. The second-order valence-corrected chi connectivity index (χ2v) is 3.67. The summed E-state index contributed by atoms with van der Waals surface area (Å²) in [6.07, 6.45) is 6.22. The fourth-order valence-corrected chi connectivity index (χ4v) is 1.78. The summed E-state index contributed by atoms with van der Waals surface area (Å²) in [5, 5.41) is 3.45. The van der Waals surface area contributed by atoms with E-state index < -0.39 is 0 Å².